The summed E-state index contributed by atoms with van der Waals surface area (Å²) in [5, 5.41) is 12.6. The Labute approximate surface area is 283 Å². The Bertz CT molecular complexity index is 1930. The first-order valence-electron chi connectivity index (χ1n) is 16.4. The standard InChI is InChI=1S/C32H37F3N9O4Si/c1-5-19-25(42-8-9-44(31(49)7-6-20(31)42)29(48)24-26(46)16(2)37-15-38-24)27(47)23-28(36-13-21(39-23)41(3)4)43(19)14-22(45)40-30-10-17(11-30)18(12-30)32(33,34)35/h13,15,17-18,20,46H,5-12,14H2,1-4H3,(H,40,45)/t17?,18?,20-,30?,31+/m0/s1. The number of carbonyl (C=O) groups is 2. The molecule has 3 aromatic rings. The zero-order valence-corrected chi connectivity index (χ0v) is 28.6. The van der Waals surface area contributed by atoms with Gasteiger partial charge in [0.2, 0.25) is 11.3 Å². The fourth-order valence-corrected chi connectivity index (χ4v) is 9.06. The second-order valence-electron chi connectivity index (χ2n) is 14.0. The lowest BCUT2D eigenvalue weighted by atomic mass is 9.76. The quantitative estimate of drug-likeness (QED) is 0.352. The van der Waals surface area contributed by atoms with Gasteiger partial charge in [-0.2, -0.15) is 13.2 Å². The molecule has 2 N–H and O–H groups in total. The van der Waals surface area contributed by atoms with Crippen molar-refractivity contribution in [2.45, 2.75) is 81.8 Å². The van der Waals surface area contributed by atoms with Crippen LogP contribution in [0.3, 0.4) is 0 Å². The first-order chi connectivity index (χ1) is 23.1. The zero-order valence-electron chi connectivity index (χ0n) is 27.6. The van der Waals surface area contributed by atoms with Crippen molar-refractivity contribution in [3.8, 4) is 5.75 Å². The summed E-state index contributed by atoms with van der Waals surface area (Å²) in [6.07, 6.45) is 0.414. The molecule has 17 heteroatoms. The van der Waals surface area contributed by atoms with Gasteiger partial charge in [0.1, 0.15) is 24.4 Å². The van der Waals surface area contributed by atoms with Crippen LogP contribution in [0.5, 0.6) is 5.75 Å². The van der Waals surface area contributed by atoms with Gasteiger partial charge in [0, 0.05) is 49.6 Å². The van der Waals surface area contributed by atoms with E-state index in [-0.39, 0.29) is 78.7 Å². The number of piperazine rings is 1. The van der Waals surface area contributed by atoms with Crippen LogP contribution in [0.1, 0.15) is 60.9 Å². The van der Waals surface area contributed by atoms with E-state index in [0.717, 1.165) is 0 Å². The molecule has 4 saturated carbocycles. The number of aromatic hydroxyl groups is 1. The Morgan fingerprint density at radius 3 is 2.51 bits per heavy atom. The minimum atomic E-state index is -4.30. The second-order valence-corrected chi connectivity index (χ2v) is 14.9. The monoisotopic (exact) mass is 696 g/mol. The maximum atomic E-state index is 14.5. The molecule has 3 atom stereocenters. The molecule has 49 heavy (non-hydrogen) atoms. The van der Waals surface area contributed by atoms with Gasteiger partial charge in [-0.15, -0.1) is 0 Å². The van der Waals surface area contributed by atoms with Gasteiger partial charge < -0.3 is 29.7 Å². The number of nitrogens with zero attached hydrogens (tertiary/aromatic N) is 8. The molecule has 13 nitrogen and oxygen atoms in total. The number of aromatic nitrogens is 5. The van der Waals surface area contributed by atoms with Gasteiger partial charge in [0.25, 0.3) is 5.91 Å². The molecular weight excluding hydrogens is 659 g/mol. The number of hydrogen-bond acceptors (Lipinski definition) is 10. The summed E-state index contributed by atoms with van der Waals surface area (Å²) < 4.78 is 42.4. The Kier molecular flexibility index (Phi) is 7.72. The molecule has 4 heterocycles. The molecule has 5 aliphatic rings. The number of carbonyl (C=O) groups excluding carboxylic acids is 2. The number of hydrogen-bond donors (Lipinski definition) is 2. The normalized spacial score (nSPS) is 27.4. The molecule has 1 aliphatic heterocycles. The number of rotatable bonds is 7. The number of anilines is 2. The molecule has 259 valence electrons. The van der Waals surface area contributed by atoms with Crippen molar-refractivity contribution in [2.75, 3.05) is 37.0 Å². The van der Waals surface area contributed by atoms with Crippen molar-refractivity contribution >= 4 is 44.7 Å². The minimum absolute atomic E-state index is 0.0600. The smallest absolute Gasteiger partial charge is 0.392 e. The van der Waals surface area contributed by atoms with E-state index in [0.29, 0.717) is 36.5 Å². The molecule has 3 radical (unpaired) electrons. The lowest BCUT2D eigenvalue weighted by molar-refractivity contribution is -0.180. The fourth-order valence-electron chi connectivity index (χ4n) is 8.40. The maximum absolute atomic E-state index is 14.5. The summed E-state index contributed by atoms with van der Waals surface area (Å²) in [5.74, 6) is -2.69. The number of nitrogens with one attached hydrogen (secondary N) is 1. The van der Waals surface area contributed by atoms with E-state index in [4.69, 9.17) is 0 Å². The van der Waals surface area contributed by atoms with E-state index in [2.05, 4.69) is 35.5 Å². The number of halogens is 3. The van der Waals surface area contributed by atoms with E-state index >= 15 is 0 Å². The molecule has 0 aromatic carbocycles. The van der Waals surface area contributed by atoms with Crippen LogP contribution in [0.2, 0.25) is 0 Å². The van der Waals surface area contributed by atoms with Crippen LogP contribution < -0.4 is 20.5 Å². The average molecular weight is 697 g/mol. The van der Waals surface area contributed by atoms with Gasteiger partial charge in [-0.05, 0) is 51.4 Å². The van der Waals surface area contributed by atoms with Crippen molar-refractivity contribution in [3.05, 3.63) is 39.8 Å². The van der Waals surface area contributed by atoms with Crippen molar-refractivity contribution in [1.82, 2.24) is 34.7 Å². The summed E-state index contributed by atoms with van der Waals surface area (Å²) in [4.78, 5) is 64.4. The van der Waals surface area contributed by atoms with E-state index in [1.54, 1.807) is 35.4 Å². The van der Waals surface area contributed by atoms with Gasteiger partial charge in [0.15, 0.2) is 22.6 Å². The first kappa shape index (κ1) is 33.2. The highest BCUT2D eigenvalue weighted by atomic mass is 28.1. The Hall–Kier alpha value is -4.28. The van der Waals surface area contributed by atoms with Crippen LogP contribution in [0.4, 0.5) is 24.7 Å². The summed E-state index contributed by atoms with van der Waals surface area (Å²) >= 11 is 0. The third-order valence-electron chi connectivity index (χ3n) is 10.9. The summed E-state index contributed by atoms with van der Waals surface area (Å²) in [6.45, 7) is 3.63. The van der Waals surface area contributed by atoms with Gasteiger partial charge in [-0.25, -0.2) is 19.9 Å². The first-order valence-corrected chi connectivity index (χ1v) is 16.9. The average Bonchev–Trinajstić information content (AvgIpc) is 3.58. The molecular formula is C32H37F3N9O4Si. The predicted octanol–water partition coefficient (Wildman–Crippen LogP) is 2.06. The molecule has 5 fully saturated rings. The van der Waals surface area contributed by atoms with Crippen molar-refractivity contribution < 1.29 is 27.9 Å². The highest BCUT2D eigenvalue weighted by Gasteiger charge is 2.64. The van der Waals surface area contributed by atoms with Crippen molar-refractivity contribution in [2.24, 2.45) is 11.8 Å². The summed E-state index contributed by atoms with van der Waals surface area (Å²) in [5.41, 5.74) is 0.0546. The Balaban J connectivity index is 1.26. The van der Waals surface area contributed by atoms with Gasteiger partial charge in [-0.3, -0.25) is 14.4 Å². The number of pyridine rings is 1. The van der Waals surface area contributed by atoms with E-state index < -0.39 is 40.5 Å². The highest BCUT2D eigenvalue weighted by Crippen LogP contribution is 2.60. The van der Waals surface area contributed by atoms with E-state index in [1.807, 2.05) is 11.8 Å². The highest BCUT2D eigenvalue weighted by molar-refractivity contribution is 6.19. The molecule has 0 spiro atoms. The number of alkyl halides is 3. The van der Waals surface area contributed by atoms with E-state index in [1.165, 1.54) is 12.5 Å². The van der Waals surface area contributed by atoms with Crippen LogP contribution in [0.15, 0.2) is 17.3 Å². The molecule has 4 aliphatic carbocycles. The van der Waals surface area contributed by atoms with Crippen LogP contribution in [-0.2, 0) is 17.8 Å². The van der Waals surface area contributed by atoms with Gasteiger partial charge in [0.05, 0.1) is 28.1 Å². The van der Waals surface area contributed by atoms with Crippen LogP contribution in [-0.4, -0.2) is 107 Å². The molecule has 3 aromatic heterocycles. The minimum Gasteiger partial charge on any atom is -0.504 e. The van der Waals surface area contributed by atoms with Crippen LogP contribution >= 0.6 is 0 Å². The molecule has 8 rings (SSSR count). The zero-order chi connectivity index (χ0) is 35.2. The molecule has 1 saturated heterocycles. The van der Waals surface area contributed by atoms with Crippen molar-refractivity contribution in [1.29, 1.82) is 0 Å². The topological polar surface area (TPSA) is 150 Å². The predicted molar refractivity (Wildman–Crippen MR) is 174 cm³/mol. The van der Waals surface area contributed by atoms with Crippen LogP contribution in [0.25, 0.3) is 11.2 Å². The molecule has 2 bridgehead atoms. The summed E-state index contributed by atoms with van der Waals surface area (Å²) in [6, 6.07) is -0.349. The third kappa shape index (κ3) is 5.14. The number of amides is 2. The summed E-state index contributed by atoms with van der Waals surface area (Å²) in [7, 11) is 7.44. The maximum Gasteiger partial charge on any atom is 0.392 e. The van der Waals surface area contributed by atoms with Gasteiger partial charge >= 0.3 is 6.18 Å². The lowest BCUT2D eigenvalue weighted by Crippen LogP contribution is -2.75. The number of fused-ring (bicyclic) bond motifs is 3. The fraction of sp³-hybridized carbons (Fsp3) is 0.594. The molecule has 1 unspecified atom stereocenters. The second kappa shape index (κ2) is 11.4. The Morgan fingerprint density at radius 2 is 1.90 bits per heavy atom. The molecule has 2 amide bonds. The SMILES string of the molecule is CCc1c(N2CCN(C(=O)c3ncnc(C)c3O)[C@@]3([Si])CC[C@H]23)c(=O)c2nc(N(C)C)cnc2n1CC(=O)NC12CC(C1)C(C(F)(F)F)C2. The largest absolute Gasteiger partial charge is 0.504 e. The Morgan fingerprint density at radius 1 is 1.16 bits per heavy atom. The van der Waals surface area contributed by atoms with E-state index in [9.17, 15) is 32.7 Å². The van der Waals surface area contributed by atoms with Crippen LogP contribution in [0, 0.1) is 18.8 Å². The number of aryl methyl sites for hydroxylation is 1. The van der Waals surface area contributed by atoms with Gasteiger partial charge in [-0.1, -0.05) is 6.92 Å². The van der Waals surface area contributed by atoms with Crippen molar-refractivity contribution in [3.63, 3.8) is 0 Å². The lowest BCUT2D eigenvalue weighted by Gasteiger charge is -2.62. The third-order valence-corrected chi connectivity index (χ3v) is 11.8.